The van der Waals surface area contributed by atoms with Gasteiger partial charge in [0.2, 0.25) is 21.8 Å². The SMILES string of the molecule is CC[C@H](C)NC(=O)[C@@H](C)N(Cc1ccccc1Cl)C(=O)CN(c1cc(Cl)ccc1C)S(C)(=O)=O. The van der Waals surface area contributed by atoms with Gasteiger partial charge in [-0.2, -0.15) is 0 Å². The zero-order valence-electron chi connectivity index (χ0n) is 20.0. The van der Waals surface area contributed by atoms with Gasteiger partial charge in [0.15, 0.2) is 0 Å². The van der Waals surface area contributed by atoms with Crippen molar-refractivity contribution in [3.8, 4) is 0 Å². The van der Waals surface area contributed by atoms with Gasteiger partial charge >= 0.3 is 0 Å². The Balaban J connectivity index is 2.45. The molecule has 0 aliphatic heterocycles. The van der Waals surface area contributed by atoms with E-state index in [4.69, 9.17) is 23.2 Å². The summed E-state index contributed by atoms with van der Waals surface area (Å²) >= 11 is 12.4. The number of nitrogens with zero attached hydrogens (tertiary/aromatic N) is 2. The summed E-state index contributed by atoms with van der Waals surface area (Å²) < 4.78 is 26.3. The summed E-state index contributed by atoms with van der Waals surface area (Å²) in [6, 6.07) is 10.9. The molecule has 1 N–H and O–H groups in total. The molecule has 34 heavy (non-hydrogen) atoms. The molecule has 0 spiro atoms. The number of nitrogens with one attached hydrogen (secondary N) is 1. The van der Waals surface area contributed by atoms with E-state index in [1.807, 2.05) is 13.8 Å². The van der Waals surface area contributed by atoms with Crippen molar-refractivity contribution in [2.75, 3.05) is 17.1 Å². The molecular formula is C24H31Cl2N3O4S. The van der Waals surface area contributed by atoms with Crippen molar-refractivity contribution in [3.05, 3.63) is 63.6 Å². The monoisotopic (exact) mass is 527 g/mol. The zero-order chi connectivity index (χ0) is 25.6. The van der Waals surface area contributed by atoms with Gasteiger partial charge in [0, 0.05) is 22.6 Å². The van der Waals surface area contributed by atoms with Gasteiger partial charge in [0.25, 0.3) is 0 Å². The van der Waals surface area contributed by atoms with E-state index in [2.05, 4.69) is 5.32 Å². The van der Waals surface area contributed by atoms with Crippen LogP contribution in [-0.2, 0) is 26.2 Å². The average Bonchev–Trinajstić information content (AvgIpc) is 2.77. The van der Waals surface area contributed by atoms with Crippen molar-refractivity contribution >= 4 is 50.7 Å². The fourth-order valence-corrected chi connectivity index (χ4v) is 4.57. The number of carbonyl (C=O) groups excluding carboxylic acids is 2. The van der Waals surface area contributed by atoms with Crippen LogP contribution in [0.25, 0.3) is 0 Å². The molecule has 186 valence electrons. The average molecular weight is 529 g/mol. The molecule has 10 heteroatoms. The van der Waals surface area contributed by atoms with E-state index in [0.717, 1.165) is 17.0 Å². The van der Waals surface area contributed by atoms with Gasteiger partial charge in [-0.1, -0.05) is 54.4 Å². The molecule has 0 saturated heterocycles. The molecule has 0 unspecified atom stereocenters. The van der Waals surface area contributed by atoms with Crippen LogP contribution in [0.15, 0.2) is 42.5 Å². The molecule has 0 radical (unpaired) electrons. The summed E-state index contributed by atoms with van der Waals surface area (Å²) in [5, 5.41) is 3.67. The number of sulfonamides is 1. The fraction of sp³-hybridized carbons (Fsp3) is 0.417. The molecule has 2 atom stereocenters. The standard InChI is InChI=1S/C24H31Cl2N3O4S/c1-6-17(3)27-24(31)18(4)28(14-19-9-7-8-10-21(19)26)23(30)15-29(34(5,32)33)22-13-20(25)12-11-16(22)2/h7-13,17-18H,6,14-15H2,1-5H3,(H,27,31)/t17-,18+/m0/s1. The first-order chi connectivity index (χ1) is 15.8. The number of benzene rings is 2. The van der Waals surface area contributed by atoms with Gasteiger partial charge in [0.1, 0.15) is 12.6 Å². The molecule has 2 aromatic rings. The molecule has 2 aromatic carbocycles. The lowest BCUT2D eigenvalue weighted by Gasteiger charge is -2.32. The highest BCUT2D eigenvalue weighted by atomic mass is 35.5. The second-order valence-electron chi connectivity index (χ2n) is 8.31. The van der Waals surface area contributed by atoms with Gasteiger partial charge < -0.3 is 10.2 Å². The molecule has 0 aliphatic rings. The van der Waals surface area contributed by atoms with Crippen molar-refractivity contribution in [1.82, 2.24) is 10.2 Å². The maximum atomic E-state index is 13.6. The van der Waals surface area contributed by atoms with E-state index in [9.17, 15) is 18.0 Å². The van der Waals surface area contributed by atoms with Crippen molar-refractivity contribution in [3.63, 3.8) is 0 Å². The lowest BCUT2D eigenvalue weighted by molar-refractivity contribution is -0.139. The lowest BCUT2D eigenvalue weighted by Crippen LogP contribution is -2.52. The molecule has 0 aliphatic carbocycles. The second kappa shape index (κ2) is 11.9. The smallest absolute Gasteiger partial charge is 0.244 e. The summed E-state index contributed by atoms with van der Waals surface area (Å²) in [7, 11) is -3.84. The number of carbonyl (C=O) groups is 2. The fourth-order valence-electron chi connectivity index (χ4n) is 3.30. The topological polar surface area (TPSA) is 86.8 Å². The minimum atomic E-state index is -3.84. The molecule has 2 amide bonds. The molecule has 7 nitrogen and oxygen atoms in total. The minimum absolute atomic E-state index is 0.0414. The third-order valence-electron chi connectivity index (χ3n) is 5.59. The molecule has 0 fully saturated rings. The first-order valence-corrected chi connectivity index (χ1v) is 13.5. The van der Waals surface area contributed by atoms with E-state index in [-0.39, 0.29) is 18.5 Å². The van der Waals surface area contributed by atoms with Crippen LogP contribution in [0.5, 0.6) is 0 Å². The van der Waals surface area contributed by atoms with Gasteiger partial charge in [-0.05, 0) is 56.5 Å². The highest BCUT2D eigenvalue weighted by molar-refractivity contribution is 7.92. The van der Waals surface area contributed by atoms with Gasteiger partial charge in [-0.15, -0.1) is 0 Å². The number of anilines is 1. The van der Waals surface area contributed by atoms with E-state index >= 15 is 0 Å². The second-order valence-corrected chi connectivity index (χ2v) is 11.1. The molecular weight excluding hydrogens is 497 g/mol. The Bertz CT molecular complexity index is 1140. The number of amides is 2. The number of hydrogen-bond acceptors (Lipinski definition) is 4. The highest BCUT2D eigenvalue weighted by Crippen LogP contribution is 2.27. The van der Waals surface area contributed by atoms with Gasteiger partial charge in [-0.3, -0.25) is 13.9 Å². The van der Waals surface area contributed by atoms with Crippen LogP contribution in [0, 0.1) is 6.92 Å². The summed E-state index contributed by atoms with van der Waals surface area (Å²) in [4.78, 5) is 27.8. The van der Waals surface area contributed by atoms with Crippen LogP contribution >= 0.6 is 23.2 Å². The quantitative estimate of drug-likeness (QED) is 0.495. The first kappa shape index (κ1) is 28.0. The van der Waals surface area contributed by atoms with E-state index < -0.39 is 28.5 Å². The Morgan fingerprint density at radius 1 is 1.09 bits per heavy atom. The van der Waals surface area contributed by atoms with E-state index in [1.165, 1.54) is 11.0 Å². The highest BCUT2D eigenvalue weighted by Gasteiger charge is 2.31. The lowest BCUT2D eigenvalue weighted by atomic mass is 10.1. The molecule has 2 rings (SSSR count). The first-order valence-electron chi connectivity index (χ1n) is 10.9. The Hall–Kier alpha value is -2.29. The summed E-state index contributed by atoms with van der Waals surface area (Å²) in [5.41, 5.74) is 1.59. The van der Waals surface area contributed by atoms with Crippen LogP contribution in [0.2, 0.25) is 10.0 Å². The molecule has 0 bridgehead atoms. The maximum Gasteiger partial charge on any atom is 0.244 e. The zero-order valence-corrected chi connectivity index (χ0v) is 22.3. The van der Waals surface area contributed by atoms with Crippen molar-refractivity contribution in [1.29, 1.82) is 0 Å². The van der Waals surface area contributed by atoms with Crippen LogP contribution in [-0.4, -0.2) is 50.0 Å². The number of halogens is 2. The molecule has 0 aromatic heterocycles. The summed E-state index contributed by atoms with van der Waals surface area (Å²) in [6.07, 6.45) is 1.75. The van der Waals surface area contributed by atoms with Crippen LogP contribution in [0.1, 0.15) is 38.3 Å². The largest absolute Gasteiger partial charge is 0.352 e. The van der Waals surface area contributed by atoms with Crippen LogP contribution in [0.4, 0.5) is 5.69 Å². The number of hydrogen-bond donors (Lipinski definition) is 1. The Kier molecular flexibility index (Phi) is 9.79. The molecule has 0 saturated carbocycles. The summed E-state index contributed by atoms with van der Waals surface area (Å²) in [6.45, 7) is 6.71. The molecule has 0 heterocycles. The van der Waals surface area contributed by atoms with Crippen molar-refractivity contribution in [2.45, 2.75) is 52.7 Å². The van der Waals surface area contributed by atoms with Crippen molar-refractivity contribution in [2.24, 2.45) is 0 Å². The van der Waals surface area contributed by atoms with Crippen LogP contribution < -0.4 is 9.62 Å². The Morgan fingerprint density at radius 3 is 2.32 bits per heavy atom. The third kappa shape index (κ3) is 7.35. The normalized spacial score (nSPS) is 13.1. The number of aryl methyl sites for hydroxylation is 1. The minimum Gasteiger partial charge on any atom is -0.352 e. The predicted molar refractivity (Wildman–Crippen MR) is 138 cm³/mol. The third-order valence-corrected chi connectivity index (χ3v) is 7.32. The predicted octanol–water partition coefficient (Wildman–Crippen LogP) is 4.40. The summed E-state index contributed by atoms with van der Waals surface area (Å²) in [5.74, 6) is -0.879. The Morgan fingerprint density at radius 2 is 1.74 bits per heavy atom. The van der Waals surface area contributed by atoms with Gasteiger partial charge in [-0.25, -0.2) is 8.42 Å². The Labute approximate surface area is 212 Å². The van der Waals surface area contributed by atoms with E-state index in [0.29, 0.717) is 26.9 Å². The number of rotatable bonds is 10. The van der Waals surface area contributed by atoms with Gasteiger partial charge in [0.05, 0.1) is 11.9 Å². The van der Waals surface area contributed by atoms with Crippen LogP contribution in [0.3, 0.4) is 0 Å². The maximum absolute atomic E-state index is 13.6. The van der Waals surface area contributed by atoms with Crippen molar-refractivity contribution < 1.29 is 18.0 Å². The van der Waals surface area contributed by atoms with E-state index in [1.54, 1.807) is 50.2 Å².